The van der Waals surface area contributed by atoms with E-state index in [1.807, 2.05) is 49.4 Å². The van der Waals surface area contributed by atoms with E-state index in [0.717, 1.165) is 10.2 Å². The molecule has 0 fully saturated rings. The van der Waals surface area contributed by atoms with Gasteiger partial charge in [-0.1, -0.05) is 18.2 Å². The molecule has 0 N–H and O–H groups in total. The number of amides is 1. The zero-order valence-electron chi connectivity index (χ0n) is 11.5. The molecular formula is C16H16BrNO2. The van der Waals surface area contributed by atoms with E-state index in [9.17, 15) is 4.79 Å². The van der Waals surface area contributed by atoms with Crippen molar-refractivity contribution in [2.45, 2.75) is 6.92 Å². The van der Waals surface area contributed by atoms with Crippen LogP contribution in [0.5, 0.6) is 5.75 Å². The monoisotopic (exact) mass is 333 g/mol. The van der Waals surface area contributed by atoms with Gasteiger partial charge >= 0.3 is 0 Å². The van der Waals surface area contributed by atoms with Gasteiger partial charge in [0.05, 0.1) is 12.7 Å². The van der Waals surface area contributed by atoms with Crippen LogP contribution in [-0.4, -0.2) is 19.6 Å². The molecule has 2 rings (SSSR count). The van der Waals surface area contributed by atoms with Gasteiger partial charge in [0.1, 0.15) is 5.75 Å². The second-order valence-corrected chi connectivity index (χ2v) is 5.09. The molecule has 0 spiro atoms. The van der Waals surface area contributed by atoms with Crippen LogP contribution in [-0.2, 0) is 0 Å². The van der Waals surface area contributed by atoms with E-state index in [1.165, 1.54) is 0 Å². The molecular weight excluding hydrogens is 318 g/mol. The SMILES string of the molecule is CCN(C(=O)c1cc(OC)ccc1Br)c1ccccc1. The second kappa shape index (κ2) is 6.57. The van der Waals surface area contributed by atoms with Gasteiger partial charge in [0.25, 0.3) is 5.91 Å². The minimum absolute atomic E-state index is 0.0514. The zero-order chi connectivity index (χ0) is 14.5. The molecule has 0 bridgehead atoms. The van der Waals surface area contributed by atoms with E-state index in [1.54, 1.807) is 18.1 Å². The summed E-state index contributed by atoms with van der Waals surface area (Å²) in [5.41, 5.74) is 1.48. The first-order chi connectivity index (χ1) is 9.67. The highest BCUT2D eigenvalue weighted by molar-refractivity contribution is 9.10. The number of carbonyl (C=O) groups excluding carboxylic acids is 1. The van der Waals surface area contributed by atoms with E-state index in [4.69, 9.17) is 4.74 Å². The number of ether oxygens (including phenoxy) is 1. The van der Waals surface area contributed by atoms with Gasteiger partial charge in [-0.25, -0.2) is 0 Å². The summed E-state index contributed by atoms with van der Waals surface area (Å²) in [5, 5.41) is 0. The molecule has 3 nitrogen and oxygen atoms in total. The van der Waals surface area contributed by atoms with Gasteiger partial charge in [-0.15, -0.1) is 0 Å². The van der Waals surface area contributed by atoms with Gasteiger partial charge in [-0.3, -0.25) is 4.79 Å². The predicted octanol–water partition coefficient (Wildman–Crippen LogP) is 4.12. The topological polar surface area (TPSA) is 29.5 Å². The van der Waals surface area contributed by atoms with Gasteiger partial charge < -0.3 is 9.64 Å². The largest absolute Gasteiger partial charge is 0.497 e. The van der Waals surface area contributed by atoms with Crippen molar-refractivity contribution in [3.8, 4) is 5.75 Å². The van der Waals surface area contributed by atoms with Crippen molar-refractivity contribution in [1.29, 1.82) is 0 Å². The first-order valence-corrected chi connectivity index (χ1v) is 7.17. The lowest BCUT2D eigenvalue weighted by molar-refractivity contribution is 0.0987. The minimum Gasteiger partial charge on any atom is -0.497 e. The Labute approximate surface area is 127 Å². The summed E-state index contributed by atoms with van der Waals surface area (Å²) in [5.74, 6) is 0.616. The third kappa shape index (κ3) is 3.02. The Morgan fingerprint density at radius 2 is 1.90 bits per heavy atom. The van der Waals surface area contributed by atoms with Crippen molar-refractivity contribution in [1.82, 2.24) is 0 Å². The smallest absolute Gasteiger partial charge is 0.259 e. The summed E-state index contributed by atoms with van der Waals surface area (Å²) < 4.78 is 5.95. The summed E-state index contributed by atoms with van der Waals surface area (Å²) in [6, 6.07) is 15.0. The fourth-order valence-electron chi connectivity index (χ4n) is 1.99. The second-order valence-electron chi connectivity index (χ2n) is 4.23. The zero-order valence-corrected chi connectivity index (χ0v) is 13.1. The Bertz CT molecular complexity index is 599. The van der Waals surface area contributed by atoms with Crippen LogP contribution in [0.2, 0.25) is 0 Å². The van der Waals surface area contributed by atoms with Crippen molar-refractivity contribution in [2.24, 2.45) is 0 Å². The quantitative estimate of drug-likeness (QED) is 0.842. The normalized spacial score (nSPS) is 10.2. The number of nitrogens with zero attached hydrogens (tertiary/aromatic N) is 1. The molecule has 0 saturated carbocycles. The van der Waals surface area contributed by atoms with Crippen LogP contribution in [0.4, 0.5) is 5.69 Å². The number of halogens is 1. The maximum atomic E-state index is 12.7. The third-order valence-electron chi connectivity index (χ3n) is 3.03. The van der Waals surface area contributed by atoms with E-state index >= 15 is 0 Å². The van der Waals surface area contributed by atoms with Crippen LogP contribution in [0.3, 0.4) is 0 Å². The number of hydrogen-bond acceptors (Lipinski definition) is 2. The maximum Gasteiger partial charge on any atom is 0.259 e. The predicted molar refractivity (Wildman–Crippen MR) is 84.5 cm³/mol. The molecule has 0 heterocycles. The number of carbonyl (C=O) groups is 1. The van der Waals surface area contributed by atoms with Crippen LogP contribution in [0.25, 0.3) is 0 Å². The first-order valence-electron chi connectivity index (χ1n) is 6.37. The molecule has 2 aromatic carbocycles. The standard InChI is InChI=1S/C16H16BrNO2/c1-3-18(12-7-5-4-6-8-12)16(19)14-11-13(20-2)9-10-15(14)17/h4-11H,3H2,1-2H3. The molecule has 0 radical (unpaired) electrons. The van der Waals surface area contributed by atoms with Crippen molar-refractivity contribution in [3.63, 3.8) is 0 Å². The summed E-state index contributed by atoms with van der Waals surface area (Å²) in [7, 11) is 1.59. The van der Waals surface area contributed by atoms with Gasteiger partial charge in [0, 0.05) is 16.7 Å². The summed E-state index contributed by atoms with van der Waals surface area (Å²) in [4.78, 5) is 14.4. The molecule has 20 heavy (non-hydrogen) atoms. The Morgan fingerprint density at radius 3 is 2.50 bits per heavy atom. The first kappa shape index (κ1) is 14.6. The lowest BCUT2D eigenvalue weighted by Gasteiger charge is -2.22. The fraction of sp³-hybridized carbons (Fsp3) is 0.188. The Kier molecular flexibility index (Phi) is 4.79. The van der Waals surface area contributed by atoms with Crippen LogP contribution >= 0.6 is 15.9 Å². The van der Waals surface area contributed by atoms with Crippen molar-refractivity contribution in [3.05, 3.63) is 58.6 Å². The van der Waals surface area contributed by atoms with Crippen molar-refractivity contribution < 1.29 is 9.53 Å². The third-order valence-corrected chi connectivity index (χ3v) is 3.72. The molecule has 0 aromatic heterocycles. The minimum atomic E-state index is -0.0514. The van der Waals surface area contributed by atoms with Crippen LogP contribution in [0.1, 0.15) is 17.3 Å². The average molecular weight is 334 g/mol. The van der Waals surface area contributed by atoms with Crippen molar-refractivity contribution in [2.75, 3.05) is 18.6 Å². The fourth-order valence-corrected chi connectivity index (χ4v) is 2.41. The summed E-state index contributed by atoms with van der Waals surface area (Å²) in [6.07, 6.45) is 0. The van der Waals surface area contributed by atoms with Gasteiger partial charge in [0.2, 0.25) is 0 Å². The van der Waals surface area contributed by atoms with E-state index < -0.39 is 0 Å². The van der Waals surface area contributed by atoms with Gasteiger partial charge in [-0.2, -0.15) is 0 Å². The molecule has 0 aliphatic heterocycles. The number of anilines is 1. The molecule has 2 aromatic rings. The van der Waals surface area contributed by atoms with Crippen molar-refractivity contribution >= 4 is 27.5 Å². The molecule has 0 atom stereocenters. The number of para-hydroxylation sites is 1. The highest BCUT2D eigenvalue weighted by Crippen LogP contribution is 2.25. The van der Waals surface area contributed by atoms with Crippen LogP contribution in [0, 0.1) is 0 Å². The number of hydrogen-bond donors (Lipinski definition) is 0. The lowest BCUT2D eigenvalue weighted by atomic mass is 10.1. The van der Waals surface area contributed by atoms with E-state index in [0.29, 0.717) is 17.9 Å². The number of rotatable bonds is 4. The molecule has 104 valence electrons. The average Bonchev–Trinajstić information content (AvgIpc) is 2.49. The van der Waals surface area contributed by atoms with E-state index in [-0.39, 0.29) is 5.91 Å². The molecule has 0 aliphatic carbocycles. The Morgan fingerprint density at radius 1 is 1.20 bits per heavy atom. The van der Waals surface area contributed by atoms with Gasteiger partial charge in [-0.05, 0) is 53.2 Å². The highest BCUT2D eigenvalue weighted by Gasteiger charge is 2.19. The summed E-state index contributed by atoms with van der Waals surface area (Å²) >= 11 is 3.43. The van der Waals surface area contributed by atoms with Gasteiger partial charge in [0.15, 0.2) is 0 Å². The Balaban J connectivity index is 2.39. The van der Waals surface area contributed by atoms with E-state index in [2.05, 4.69) is 15.9 Å². The molecule has 0 unspecified atom stereocenters. The summed E-state index contributed by atoms with van der Waals surface area (Å²) in [6.45, 7) is 2.56. The lowest BCUT2D eigenvalue weighted by Crippen LogP contribution is -2.30. The highest BCUT2D eigenvalue weighted by atomic mass is 79.9. The number of benzene rings is 2. The number of methoxy groups -OCH3 is 1. The Hall–Kier alpha value is -1.81. The maximum absolute atomic E-state index is 12.7. The molecule has 4 heteroatoms. The molecule has 0 aliphatic rings. The molecule has 1 amide bonds. The van der Waals surface area contributed by atoms with Crippen LogP contribution in [0.15, 0.2) is 53.0 Å². The van der Waals surface area contributed by atoms with Crippen LogP contribution < -0.4 is 9.64 Å². The molecule has 0 saturated heterocycles.